The molecule has 0 aromatic heterocycles. The van der Waals surface area contributed by atoms with Crippen LogP contribution in [0.2, 0.25) is 0 Å². The minimum absolute atomic E-state index is 0.144. The number of nitriles is 1. The number of rotatable bonds is 7. The molecule has 1 aliphatic carbocycles. The van der Waals surface area contributed by atoms with Gasteiger partial charge in [0.25, 0.3) is 0 Å². The predicted octanol–water partition coefficient (Wildman–Crippen LogP) is 3.83. The molecule has 3 nitrogen and oxygen atoms in total. The van der Waals surface area contributed by atoms with Crippen molar-refractivity contribution in [3.63, 3.8) is 0 Å². The molecule has 0 bridgehead atoms. The zero-order chi connectivity index (χ0) is 15.1. The summed E-state index contributed by atoms with van der Waals surface area (Å²) in [5.41, 5.74) is 0.968. The molecule has 1 N–H and O–H groups in total. The van der Waals surface area contributed by atoms with Crippen LogP contribution in [0.25, 0.3) is 0 Å². The van der Waals surface area contributed by atoms with Gasteiger partial charge in [0.2, 0.25) is 0 Å². The van der Waals surface area contributed by atoms with E-state index in [1.54, 1.807) is 0 Å². The lowest BCUT2D eigenvalue weighted by atomic mass is 9.99. The molecule has 1 aromatic rings. The van der Waals surface area contributed by atoms with E-state index in [9.17, 15) is 5.26 Å². The first kappa shape index (κ1) is 15.9. The van der Waals surface area contributed by atoms with Gasteiger partial charge in [0.05, 0.1) is 6.07 Å². The Morgan fingerprint density at radius 1 is 1.29 bits per heavy atom. The van der Waals surface area contributed by atoms with Crippen LogP contribution in [0.4, 0.5) is 0 Å². The number of aryl methyl sites for hydroxylation is 1. The van der Waals surface area contributed by atoms with Crippen LogP contribution in [0.3, 0.4) is 0 Å². The summed E-state index contributed by atoms with van der Waals surface area (Å²) in [7, 11) is 0. The molecule has 114 valence electrons. The van der Waals surface area contributed by atoms with Crippen LogP contribution in [0.1, 0.15) is 51.5 Å². The van der Waals surface area contributed by atoms with E-state index in [-0.39, 0.29) is 11.6 Å². The molecule has 1 aliphatic rings. The van der Waals surface area contributed by atoms with Crippen molar-refractivity contribution in [1.29, 1.82) is 5.26 Å². The van der Waals surface area contributed by atoms with Crippen molar-refractivity contribution in [1.82, 2.24) is 5.32 Å². The quantitative estimate of drug-likeness (QED) is 0.828. The standard InChI is InChI=1S/C18H26N2O/c1-3-5-15-6-8-16(9-7-15)21-17-10-11-18(13-17,14-19)20-12-4-2/h6-9,17,20H,3-5,10-13H2,1-2H3. The normalized spacial score (nSPS) is 24.7. The highest BCUT2D eigenvalue weighted by Crippen LogP contribution is 2.32. The summed E-state index contributed by atoms with van der Waals surface area (Å²) in [4.78, 5) is 0. The molecule has 2 rings (SSSR count). The zero-order valence-corrected chi connectivity index (χ0v) is 13.2. The topological polar surface area (TPSA) is 45.0 Å². The van der Waals surface area contributed by atoms with E-state index in [1.807, 2.05) is 0 Å². The van der Waals surface area contributed by atoms with Gasteiger partial charge < -0.3 is 4.74 Å². The predicted molar refractivity (Wildman–Crippen MR) is 85.3 cm³/mol. The molecule has 21 heavy (non-hydrogen) atoms. The van der Waals surface area contributed by atoms with Gasteiger partial charge in [0.15, 0.2) is 0 Å². The lowest BCUT2D eigenvalue weighted by Crippen LogP contribution is -2.42. The van der Waals surface area contributed by atoms with Crippen molar-refractivity contribution in [3.8, 4) is 11.8 Å². The minimum atomic E-state index is -0.386. The molecule has 2 unspecified atom stereocenters. The summed E-state index contributed by atoms with van der Waals surface area (Å²) in [6.45, 7) is 5.21. The van der Waals surface area contributed by atoms with E-state index in [1.165, 1.54) is 5.56 Å². The molecule has 0 heterocycles. The zero-order valence-electron chi connectivity index (χ0n) is 13.2. The molecule has 0 radical (unpaired) electrons. The summed E-state index contributed by atoms with van der Waals surface area (Å²) in [6, 6.07) is 10.8. The number of nitrogens with zero attached hydrogens (tertiary/aromatic N) is 1. The Labute approximate surface area is 128 Å². The highest BCUT2D eigenvalue weighted by atomic mass is 16.5. The first-order chi connectivity index (χ1) is 10.2. The fraction of sp³-hybridized carbons (Fsp3) is 0.611. The average Bonchev–Trinajstić information content (AvgIpc) is 2.91. The highest BCUT2D eigenvalue weighted by molar-refractivity contribution is 5.28. The summed E-state index contributed by atoms with van der Waals surface area (Å²) in [5.74, 6) is 0.920. The molecule has 3 heteroatoms. The summed E-state index contributed by atoms with van der Waals surface area (Å²) in [6.07, 6.45) is 6.07. The van der Waals surface area contributed by atoms with Gasteiger partial charge in [-0.1, -0.05) is 32.4 Å². The van der Waals surface area contributed by atoms with Crippen LogP contribution >= 0.6 is 0 Å². The van der Waals surface area contributed by atoms with E-state index in [2.05, 4.69) is 49.5 Å². The van der Waals surface area contributed by atoms with Gasteiger partial charge in [-0.3, -0.25) is 5.32 Å². The van der Waals surface area contributed by atoms with Crippen molar-refractivity contribution in [2.75, 3.05) is 6.54 Å². The van der Waals surface area contributed by atoms with Gasteiger partial charge in [-0.2, -0.15) is 5.26 Å². The molecule has 0 aliphatic heterocycles. The van der Waals surface area contributed by atoms with Crippen LogP contribution in [-0.2, 0) is 6.42 Å². The molecule has 1 aromatic carbocycles. The van der Waals surface area contributed by atoms with Gasteiger partial charge in [-0.05, 0) is 49.9 Å². The number of hydrogen-bond acceptors (Lipinski definition) is 3. The lowest BCUT2D eigenvalue weighted by Gasteiger charge is -2.22. The van der Waals surface area contributed by atoms with Crippen molar-refractivity contribution >= 4 is 0 Å². The van der Waals surface area contributed by atoms with Crippen molar-refractivity contribution in [3.05, 3.63) is 29.8 Å². The molecule has 0 amide bonds. The van der Waals surface area contributed by atoms with Crippen LogP contribution < -0.4 is 10.1 Å². The Morgan fingerprint density at radius 2 is 2.05 bits per heavy atom. The number of benzene rings is 1. The van der Waals surface area contributed by atoms with Crippen molar-refractivity contribution < 1.29 is 4.74 Å². The van der Waals surface area contributed by atoms with Crippen molar-refractivity contribution in [2.45, 2.75) is 64.0 Å². The highest BCUT2D eigenvalue weighted by Gasteiger charge is 2.40. The molecule has 0 spiro atoms. The molecule has 2 atom stereocenters. The van der Waals surface area contributed by atoms with E-state index < -0.39 is 0 Å². The van der Waals surface area contributed by atoms with E-state index in [0.29, 0.717) is 0 Å². The number of hydrogen-bond donors (Lipinski definition) is 1. The largest absolute Gasteiger partial charge is 0.490 e. The van der Waals surface area contributed by atoms with Gasteiger partial charge in [-0.15, -0.1) is 0 Å². The number of ether oxygens (including phenoxy) is 1. The fourth-order valence-electron chi connectivity index (χ4n) is 2.98. The summed E-state index contributed by atoms with van der Waals surface area (Å²) in [5, 5.41) is 12.8. The lowest BCUT2D eigenvalue weighted by molar-refractivity contribution is 0.201. The van der Waals surface area contributed by atoms with Crippen molar-refractivity contribution in [2.24, 2.45) is 0 Å². The Morgan fingerprint density at radius 3 is 2.67 bits per heavy atom. The van der Waals surface area contributed by atoms with Crippen LogP contribution in [0, 0.1) is 11.3 Å². The average molecular weight is 286 g/mol. The molecule has 1 fully saturated rings. The van der Waals surface area contributed by atoms with E-state index in [0.717, 1.165) is 50.8 Å². The minimum Gasteiger partial charge on any atom is -0.490 e. The third-order valence-corrected chi connectivity index (χ3v) is 4.16. The number of nitrogens with one attached hydrogen (secondary N) is 1. The van der Waals surface area contributed by atoms with Crippen LogP contribution in [0.15, 0.2) is 24.3 Å². The second kappa shape index (κ2) is 7.47. The SMILES string of the molecule is CCCNC1(C#N)CCC(Oc2ccc(CCC)cc2)C1. The summed E-state index contributed by atoms with van der Waals surface area (Å²) < 4.78 is 6.05. The smallest absolute Gasteiger partial charge is 0.119 e. The maximum Gasteiger partial charge on any atom is 0.119 e. The Kier molecular flexibility index (Phi) is 5.64. The maximum absolute atomic E-state index is 9.45. The summed E-state index contributed by atoms with van der Waals surface area (Å²) >= 11 is 0. The van der Waals surface area contributed by atoms with Crippen LogP contribution in [-0.4, -0.2) is 18.2 Å². The Balaban J connectivity index is 1.91. The van der Waals surface area contributed by atoms with Gasteiger partial charge >= 0.3 is 0 Å². The van der Waals surface area contributed by atoms with Gasteiger partial charge in [-0.25, -0.2) is 0 Å². The molecule has 0 saturated heterocycles. The molecular formula is C18H26N2O. The maximum atomic E-state index is 9.45. The van der Waals surface area contributed by atoms with Gasteiger partial charge in [0.1, 0.15) is 17.4 Å². The van der Waals surface area contributed by atoms with Gasteiger partial charge in [0, 0.05) is 6.42 Å². The van der Waals surface area contributed by atoms with E-state index in [4.69, 9.17) is 4.74 Å². The second-order valence-electron chi connectivity index (χ2n) is 6.00. The monoisotopic (exact) mass is 286 g/mol. The first-order valence-corrected chi connectivity index (χ1v) is 8.13. The molecular weight excluding hydrogens is 260 g/mol. The fourth-order valence-corrected chi connectivity index (χ4v) is 2.98. The third-order valence-electron chi connectivity index (χ3n) is 4.16. The van der Waals surface area contributed by atoms with E-state index >= 15 is 0 Å². The molecule has 1 saturated carbocycles. The second-order valence-corrected chi connectivity index (χ2v) is 6.00. The Bertz CT molecular complexity index is 477. The third kappa shape index (κ3) is 4.22. The first-order valence-electron chi connectivity index (χ1n) is 8.13. The van der Waals surface area contributed by atoms with Crippen LogP contribution in [0.5, 0.6) is 5.75 Å². The Hall–Kier alpha value is -1.53.